The molecule has 0 saturated heterocycles. The molecule has 142 heavy (non-hydrogen) atoms. The number of amides is 12. The second-order valence-corrected chi connectivity index (χ2v) is 32.8. The topological polar surface area (TPSA) is 516 Å². The fourth-order valence-corrected chi connectivity index (χ4v) is 13.7. The second kappa shape index (κ2) is 52.7. The molecule has 0 fully saturated rings. The first-order valence-corrected chi connectivity index (χ1v) is 44.9. The van der Waals surface area contributed by atoms with Gasteiger partial charge in [0.2, 0.25) is 5.69 Å². The standard InChI is InChI=1S/C20H21N3O2S.C18H22N2O3.C17H18F2N2O3.C17H17FN2O5.C16H17N3O4.C15H15FN2O3/c1-13-3-4-15(11-18(13)24)9-10-21-20(25)23-17-7-5-16(6-8-17)19-22-14(2)12-26-19;1-12-4-7-17(23-3)15(10-12)20-18(22)19-9-8-14-6-5-13(2)16(21)11-14;1-17(18,19)12-3-5-13(6-4-12)21-16(24)20-9-8-11-2-7-14(22)15(23)10-11;1-17(18)24-14-5-3-11(9-15(14)25-17)20-16(23)19-7-6-10-2-4-12(21)13(22)8-10;1-19(23)13-4-2-3-12(10-13)18-16(22)17-8-7-11-5-6-14(20)15(21)9-11;16-11-3-1-2-4-12(11)18-15(21)17-8-7-10-5-6-13(19)14(20)9-10/h3-8,11-12,24H,9-10H2,1-2H3,(H2,21,23,25);4-7,10-11,21H,8-9H2,1-3H3,(H2,19,20,22);2-7,10,22-23H,8-9H2,1H3,(H2,20,21,24);2-5,8-9,21-22H,6-7H2,1H3,(H2,19,20,23);2-6,9-10,20-21H,1,7-8H2,(H2,17,18,22);1-6,9,19-20H,7-8H2,(H2,17,18,21). The number of methoxy groups -OCH3 is 1. The minimum Gasteiger partial charge on any atom is -0.619 e. The number of rotatable bonds is 28. The SMILES string of the molecule is C=[N+]([O-])c1cccc(NC(=O)NCCc2ccc(O)c(O)c2)c1.CC(F)(F)c1ccc(NC(=O)NCCc2ccc(O)c(O)c2)cc1.CC1(F)Oc2ccc(NC(=O)NCCc3ccc(O)c(O)c3)cc2O1.COc1ccc(C)cc1NC(=O)NCCc1ccc(C)c(O)c1.Cc1csc(-c2ccc(NC(=O)NCCc3ccc(C)c(O)c3)cc2)n1.O=C(NCCc1ccc(O)c(O)c1)Nc1ccccc1F. The van der Waals surface area contributed by atoms with E-state index in [9.17, 15) is 103 Å². The summed E-state index contributed by atoms with van der Waals surface area (Å²) in [7, 11) is 1.57. The number of anilines is 6. The van der Waals surface area contributed by atoms with Crippen LogP contribution < -0.4 is 78.0 Å². The minimum atomic E-state index is -2.92. The van der Waals surface area contributed by atoms with Gasteiger partial charge in [0.15, 0.2) is 57.5 Å². The van der Waals surface area contributed by atoms with Crippen LogP contribution in [0.25, 0.3) is 10.6 Å². The molecule has 34 nitrogen and oxygen atoms in total. The number of halogens is 4. The highest BCUT2D eigenvalue weighted by Gasteiger charge is 2.37. The van der Waals surface area contributed by atoms with Crippen LogP contribution in [0.1, 0.15) is 75.2 Å². The molecule has 1 aliphatic rings. The maximum absolute atomic E-state index is 13.6. The van der Waals surface area contributed by atoms with Gasteiger partial charge in [0, 0.05) is 116 Å². The molecule has 1 atom stereocenters. The first-order valence-electron chi connectivity index (χ1n) is 44.0. The van der Waals surface area contributed by atoms with Crippen molar-refractivity contribution in [2.45, 2.75) is 92.0 Å². The van der Waals surface area contributed by atoms with Crippen molar-refractivity contribution in [3.8, 4) is 85.3 Å². The van der Waals surface area contributed by atoms with Crippen molar-refractivity contribution in [2.75, 3.05) is 78.3 Å². The maximum Gasteiger partial charge on any atom is 0.404 e. The number of phenolic OH excluding ortho intramolecular Hbond substituents is 10. The summed E-state index contributed by atoms with van der Waals surface area (Å²) < 4.78 is 68.7. The van der Waals surface area contributed by atoms with Crippen molar-refractivity contribution >= 4 is 94.1 Å². The van der Waals surface area contributed by atoms with E-state index in [2.05, 4.69) is 75.5 Å². The number of alkyl halides is 3. The lowest BCUT2D eigenvalue weighted by atomic mass is 10.1. The van der Waals surface area contributed by atoms with E-state index >= 15 is 0 Å². The van der Waals surface area contributed by atoms with Crippen molar-refractivity contribution in [3.05, 3.63) is 320 Å². The number of fused-ring (bicyclic) bond motifs is 1. The molecular weight excluding hydrogens is 1860 g/mol. The van der Waals surface area contributed by atoms with Crippen LogP contribution in [0, 0.1) is 38.7 Å². The molecule has 1 unspecified atom stereocenters. The Hall–Kier alpha value is -17.5. The van der Waals surface area contributed by atoms with Gasteiger partial charge in [0.1, 0.15) is 34.8 Å². The number of urea groups is 6. The second-order valence-electron chi connectivity index (χ2n) is 32.0. The third-order valence-corrected chi connectivity index (χ3v) is 21.5. The van der Waals surface area contributed by atoms with Crippen molar-refractivity contribution in [1.29, 1.82) is 0 Å². The summed E-state index contributed by atoms with van der Waals surface area (Å²) in [5, 5.41) is 140. The number of benzene rings is 12. The average molecular weight is 1970 g/mol. The number of aryl methyl sites for hydroxylation is 4. The van der Waals surface area contributed by atoms with Gasteiger partial charge in [0.25, 0.3) is 5.92 Å². The zero-order valence-electron chi connectivity index (χ0n) is 78.2. The molecule has 0 saturated carbocycles. The molecule has 22 N–H and O–H groups in total. The zero-order chi connectivity index (χ0) is 103. The summed E-state index contributed by atoms with van der Waals surface area (Å²) in [4.78, 5) is 75.5. The third kappa shape index (κ3) is 36.5. The predicted molar refractivity (Wildman–Crippen MR) is 536 cm³/mol. The Balaban J connectivity index is 0.000000190. The summed E-state index contributed by atoms with van der Waals surface area (Å²) in [6.45, 7) is 15.1. The van der Waals surface area contributed by atoms with Crippen LogP contribution >= 0.6 is 11.3 Å². The van der Waals surface area contributed by atoms with Gasteiger partial charge >= 0.3 is 42.2 Å². The molecule has 0 spiro atoms. The fraction of sp³-hybridized carbons (Fsp3) is 0.204. The van der Waals surface area contributed by atoms with Gasteiger partial charge in [-0.1, -0.05) is 84.9 Å². The van der Waals surface area contributed by atoms with Crippen LogP contribution in [0.15, 0.2) is 248 Å². The molecule has 0 aliphatic carbocycles. The Kier molecular flexibility index (Phi) is 40.1. The number of thiazole rings is 1. The van der Waals surface area contributed by atoms with Crippen LogP contribution in [0.2, 0.25) is 0 Å². The van der Waals surface area contributed by atoms with Crippen LogP contribution in [0.3, 0.4) is 0 Å². The van der Waals surface area contributed by atoms with E-state index in [0.29, 0.717) is 117 Å². The Labute approximate surface area is 819 Å². The van der Waals surface area contributed by atoms with Crippen molar-refractivity contribution in [1.82, 2.24) is 36.9 Å². The molecule has 12 aromatic carbocycles. The molecule has 1 aromatic heterocycles. The predicted octanol–water partition coefficient (Wildman–Crippen LogP) is 19.2. The number of nitrogens with zero attached hydrogens (tertiary/aromatic N) is 2. The van der Waals surface area contributed by atoms with Gasteiger partial charge < -0.3 is 134 Å². The molecule has 2 heterocycles. The molecule has 1 aliphatic heterocycles. The number of phenols is 10. The lowest BCUT2D eigenvalue weighted by Gasteiger charge is -2.12. The van der Waals surface area contributed by atoms with Crippen molar-refractivity contribution in [3.63, 3.8) is 0 Å². The van der Waals surface area contributed by atoms with Crippen molar-refractivity contribution in [2.24, 2.45) is 0 Å². The number of carbonyl (C=O) groups excluding carboxylic acids is 6. The van der Waals surface area contributed by atoms with Gasteiger partial charge in [0.05, 0.1) is 18.5 Å². The average Bonchev–Trinajstić information content (AvgIpc) is 1.34. The van der Waals surface area contributed by atoms with Crippen LogP contribution in [-0.4, -0.2) is 156 Å². The number of ether oxygens (including phenoxy) is 3. The smallest absolute Gasteiger partial charge is 0.404 e. The largest absolute Gasteiger partial charge is 0.619 e. The normalized spacial score (nSPS) is 11.8. The van der Waals surface area contributed by atoms with Crippen molar-refractivity contribution < 1.29 is 116 Å². The lowest BCUT2D eigenvalue weighted by Crippen LogP contribution is -2.30. The first kappa shape index (κ1) is 108. The highest BCUT2D eigenvalue weighted by molar-refractivity contribution is 7.13. The fourth-order valence-electron chi connectivity index (χ4n) is 12.9. The lowest BCUT2D eigenvalue weighted by molar-refractivity contribution is -0.349. The van der Waals surface area contributed by atoms with Gasteiger partial charge in [-0.05, 0) is 256 Å². The van der Waals surface area contributed by atoms with E-state index in [0.717, 1.165) is 85.9 Å². The summed E-state index contributed by atoms with van der Waals surface area (Å²) in [6, 6.07) is 59.7. The van der Waals surface area contributed by atoms with E-state index in [4.69, 9.17) is 14.2 Å². The van der Waals surface area contributed by atoms with E-state index < -0.39 is 41.9 Å². The molecule has 746 valence electrons. The van der Waals surface area contributed by atoms with Gasteiger partial charge in [-0.3, -0.25) is 0 Å². The number of aromatic hydroxyl groups is 10. The summed E-state index contributed by atoms with van der Waals surface area (Å²) in [5.41, 5.74) is 12.8. The number of hydrogen-bond acceptors (Lipinski definition) is 22. The minimum absolute atomic E-state index is 0.109. The molecule has 13 aromatic rings. The zero-order valence-corrected chi connectivity index (χ0v) is 79.0. The molecule has 0 bridgehead atoms. The summed E-state index contributed by atoms with van der Waals surface area (Å²) >= 11 is 1.60. The van der Waals surface area contributed by atoms with Crippen LogP contribution in [0.4, 0.5) is 86.1 Å². The highest BCUT2D eigenvalue weighted by atomic mass is 32.1. The number of nitrogens with one attached hydrogen (secondary N) is 12. The van der Waals surface area contributed by atoms with Gasteiger partial charge in [-0.2, -0.15) is 9.13 Å². The van der Waals surface area contributed by atoms with Crippen LogP contribution in [0.5, 0.6) is 74.7 Å². The van der Waals surface area contributed by atoms with Gasteiger partial charge in [-0.25, -0.2) is 46.9 Å². The third-order valence-electron chi connectivity index (χ3n) is 20.5. The Morgan fingerprint density at radius 1 is 0.415 bits per heavy atom. The molecule has 12 amide bonds. The quantitative estimate of drug-likeness (QED) is 0.00541. The van der Waals surface area contributed by atoms with E-state index in [1.54, 1.807) is 85.2 Å². The summed E-state index contributed by atoms with van der Waals surface area (Å²) in [5.74, 6) is -3.37. The maximum atomic E-state index is 13.6. The van der Waals surface area contributed by atoms with Gasteiger partial charge in [-0.15, -0.1) is 11.3 Å². The highest BCUT2D eigenvalue weighted by Crippen LogP contribution is 2.42. The monoisotopic (exact) mass is 1970 g/mol. The van der Waals surface area contributed by atoms with Crippen LogP contribution in [-0.2, 0) is 44.4 Å². The molecule has 14 rings (SSSR count). The Bertz CT molecular complexity index is 6500. The number of para-hydroxylation sites is 1. The summed E-state index contributed by atoms with van der Waals surface area (Å²) in [6.07, 6.45) is 3.20. The molecular formula is C103H110F4N14O20S. The van der Waals surface area contributed by atoms with E-state index in [1.807, 2.05) is 99.8 Å². The van der Waals surface area contributed by atoms with E-state index in [1.165, 1.54) is 109 Å². The molecule has 0 radical (unpaired) electrons. The Morgan fingerprint density at radius 3 is 1.16 bits per heavy atom. The first-order chi connectivity index (χ1) is 67.6. The number of hydrogen-bond donors (Lipinski definition) is 22. The molecule has 39 heteroatoms. The number of carbonyl (C=O) groups is 6. The van der Waals surface area contributed by atoms with E-state index in [-0.39, 0.29) is 92.3 Å². The number of aromatic nitrogens is 1. The Morgan fingerprint density at radius 2 is 0.782 bits per heavy atom.